The highest BCUT2D eigenvalue weighted by molar-refractivity contribution is 6.00. The molecule has 170 valence electrons. The summed E-state index contributed by atoms with van der Waals surface area (Å²) in [7, 11) is 0. The SMILES string of the molecule is C[C@]1(c2ccccc2)C(=O)C2(c3ccccc3)CCN1CC2.O=C(O)C(O)C(O)C(=O)O. The van der Waals surface area contributed by atoms with E-state index in [1.807, 2.05) is 24.3 Å². The van der Waals surface area contributed by atoms with Crippen LogP contribution in [0, 0.1) is 0 Å². The molecule has 3 aliphatic heterocycles. The van der Waals surface area contributed by atoms with Gasteiger partial charge in [0, 0.05) is 13.1 Å². The van der Waals surface area contributed by atoms with Gasteiger partial charge in [0.2, 0.25) is 0 Å². The minimum Gasteiger partial charge on any atom is -0.479 e. The van der Waals surface area contributed by atoms with Gasteiger partial charge in [-0.1, -0.05) is 60.7 Å². The van der Waals surface area contributed by atoms with Crippen LogP contribution in [0.4, 0.5) is 0 Å². The number of hydrogen-bond donors (Lipinski definition) is 4. The van der Waals surface area contributed by atoms with Crippen molar-refractivity contribution in [1.82, 2.24) is 4.90 Å². The van der Waals surface area contributed by atoms with Gasteiger partial charge in [-0.05, 0) is 30.9 Å². The number of piperidine rings is 3. The number of Topliss-reactive ketones (excluding diaryl/α,β-unsaturated/α-hetero) is 1. The molecule has 8 nitrogen and oxygen atoms in total. The first-order valence-electron chi connectivity index (χ1n) is 10.4. The Balaban J connectivity index is 0.000000247. The third-order valence-electron chi connectivity index (χ3n) is 6.59. The minimum absolute atomic E-state index is 0.305. The first-order valence-corrected chi connectivity index (χ1v) is 10.4. The number of hydrogen-bond acceptors (Lipinski definition) is 6. The van der Waals surface area contributed by atoms with Crippen molar-refractivity contribution in [2.75, 3.05) is 13.1 Å². The maximum absolute atomic E-state index is 13.6. The fourth-order valence-corrected chi connectivity index (χ4v) is 4.70. The van der Waals surface area contributed by atoms with Crippen molar-refractivity contribution in [2.45, 2.75) is 42.9 Å². The van der Waals surface area contributed by atoms with E-state index in [2.05, 4.69) is 48.2 Å². The zero-order chi connectivity index (χ0) is 23.5. The van der Waals surface area contributed by atoms with Crippen molar-refractivity contribution >= 4 is 17.7 Å². The smallest absolute Gasteiger partial charge is 0.335 e. The highest BCUT2D eigenvalue weighted by atomic mass is 16.4. The number of ketones is 1. The number of aliphatic hydroxyl groups is 2. The number of carbonyl (C=O) groups is 3. The number of carboxylic acid groups (broad SMARTS) is 2. The summed E-state index contributed by atoms with van der Waals surface area (Å²) in [5, 5.41) is 32.5. The summed E-state index contributed by atoms with van der Waals surface area (Å²) >= 11 is 0. The van der Waals surface area contributed by atoms with E-state index in [1.165, 1.54) is 5.56 Å². The van der Waals surface area contributed by atoms with Crippen molar-refractivity contribution in [1.29, 1.82) is 0 Å². The molecule has 3 heterocycles. The van der Waals surface area contributed by atoms with Gasteiger partial charge in [-0.15, -0.1) is 0 Å². The van der Waals surface area contributed by atoms with Crippen LogP contribution in [-0.2, 0) is 25.3 Å². The Bertz CT molecular complexity index is 909. The highest BCUT2D eigenvalue weighted by Crippen LogP contribution is 2.50. The molecule has 3 saturated heterocycles. The summed E-state index contributed by atoms with van der Waals surface area (Å²) in [5.41, 5.74) is 1.52. The molecule has 3 aliphatic rings. The molecule has 2 bridgehead atoms. The number of benzene rings is 2. The Labute approximate surface area is 185 Å². The molecule has 8 heteroatoms. The highest BCUT2D eigenvalue weighted by Gasteiger charge is 2.59. The van der Waals surface area contributed by atoms with E-state index in [1.54, 1.807) is 0 Å². The number of nitrogens with zero attached hydrogens (tertiary/aromatic N) is 1. The second kappa shape index (κ2) is 9.20. The Hall–Kier alpha value is -3.07. The summed E-state index contributed by atoms with van der Waals surface area (Å²) in [6, 6.07) is 20.7. The molecule has 0 saturated carbocycles. The molecule has 2 aromatic carbocycles. The molecule has 0 spiro atoms. The molecule has 3 fully saturated rings. The Morgan fingerprint density at radius 2 is 1.22 bits per heavy atom. The molecule has 3 atom stereocenters. The topological polar surface area (TPSA) is 135 Å². The van der Waals surface area contributed by atoms with Crippen LogP contribution in [-0.4, -0.2) is 68.3 Å². The number of carboxylic acids is 2. The van der Waals surface area contributed by atoms with E-state index in [0.29, 0.717) is 5.78 Å². The summed E-state index contributed by atoms with van der Waals surface area (Å²) in [6.07, 6.45) is -2.65. The number of carbonyl (C=O) groups excluding carboxylic acids is 1. The van der Waals surface area contributed by atoms with Crippen LogP contribution >= 0.6 is 0 Å². The third kappa shape index (κ3) is 4.04. The fraction of sp³-hybridized carbons (Fsp3) is 0.375. The molecule has 0 radical (unpaired) electrons. The summed E-state index contributed by atoms with van der Waals surface area (Å²) in [5.74, 6) is -3.17. The van der Waals surface area contributed by atoms with Gasteiger partial charge < -0.3 is 20.4 Å². The van der Waals surface area contributed by atoms with Gasteiger partial charge in [-0.25, -0.2) is 9.59 Å². The average Bonchev–Trinajstić information content (AvgIpc) is 2.83. The van der Waals surface area contributed by atoms with Crippen molar-refractivity contribution in [3.63, 3.8) is 0 Å². The lowest BCUT2D eigenvalue weighted by Crippen LogP contribution is -2.67. The van der Waals surface area contributed by atoms with Gasteiger partial charge in [0.25, 0.3) is 0 Å². The van der Waals surface area contributed by atoms with E-state index >= 15 is 0 Å². The number of aliphatic hydroxyl groups excluding tert-OH is 2. The first-order chi connectivity index (χ1) is 15.1. The number of rotatable bonds is 5. The molecule has 0 aliphatic carbocycles. The van der Waals surface area contributed by atoms with Gasteiger partial charge in [0.05, 0.1) is 5.41 Å². The van der Waals surface area contributed by atoms with Crippen molar-refractivity contribution < 1.29 is 34.8 Å². The minimum atomic E-state index is -2.27. The molecule has 4 N–H and O–H groups in total. The van der Waals surface area contributed by atoms with Gasteiger partial charge in [0.1, 0.15) is 5.54 Å². The molecule has 32 heavy (non-hydrogen) atoms. The zero-order valence-corrected chi connectivity index (χ0v) is 17.7. The van der Waals surface area contributed by atoms with Crippen LogP contribution in [0.1, 0.15) is 30.9 Å². The summed E-state index contributed by atoms with van der Waals surface area (Å²) in [6.45, 7) is 4.10. The summed E-state index contributed by atoms with van der Waals surface area (Å²) < 4.78 is 0. The number of fused-ring (bicyclic) bond motifs is 3. The van der Waals surface area contributed by atoms with Crippen LogP contribution in [0.25, 0.3) is 0 Å². The van der Waals surface area contributed by atoms with Crippen LogP contribution in [0.15, 0.2) is 60.7 Å². The van der Waals surface area contributed by atoms with Crippen LogP contribution < -0.4 is 0 Å². The van der Waals surface area contributed by atoms with Crippen molar-refractivity contribution in [2.24, 2.45) is 0 Å². The molecule has 2 aromatic rings. The predicted molar refractivity (Wildman–Crippen MR) is 115 cm³/mol. The molecule has 5 rings (SSSR count). The van der Waals surface area contributed by atoms with E-state index in [-0.39, 0.29) is 5.41 Å². The van der Waals surface area contributed by atoms with Gasteiger partial charge in [-0.3, -0.25) is 9.69 Å². The largest absolute Gasteiger partial charge is 0.479 e. The third-order valence-corrected chi connectivity index (χ3v) is 6.59. The van der Waals surface area contributed by atoms with Crippen LogP contribution in [0.2, 0.25) is 0 Å². The van der Waals surface area contributed by atoms with E-state index in [9.17, 15) is 14.4 Å². The lowest BCUT2D eigenvalue weighted by molar-refractivity contribution is -0.165. The Morgan fingerprint density at radius 3 is 1.62 bits per heavy atom. The lowest BCUT2D eigenvalue weighted by atomic mass is 9.58. The van der Waals surface area contributed by atoms with Crippen molar-refractivity contribution in [3.05, 3.63) is 71.8 Å². The maximum Gasteiger partial charge on any atom is 0.335 e. The standard InChI is InChI=1S/C20H21NO.C4H6O6/c1-19(16-8-4-2-5-9-16)18(22)20(12-14-21(19)15-13-20)17-10-6-3-7-11-17;5-1(3(7)8)2(6)4(9)10/h2-11H,12-15H2,1H3;1-2,5-6H,(H,7,8)(H,9,10)/t19-;/m0./s1. The molecular weight excluding hydrogens is 414 g/mol. The van der Waals surface area contributed by atoms with E-state index in [4.69, 9.17) is 20.4 Å². The van der Waals surface area contributed by atoms with Gasteiger partial charge >= 0.3 is 11.9 Å². The quantitative estimate of drug-likeness (QED) is 0.547. The maximum atomic E-state index is 13.6. The fourth-order valence-electron chi connectivity index (χ4n) is 4.70. The monoisotopic (exact) mass is 441 g/mol. The summed E-state index contributed by atoms with van der Waals surface area (Å²) in [4.78, 5) is 35.5. The van der Waals surface area contributed by atoms with E-state index in [0.717, 1.165) is 31.5 Å². The lowest BCUT2D eigenvalue weighted by Gasteiger charge is -2.57. The molecule has 0 amide bonds. The Morgan fingerprint density at radius 1 is 0.812 bits per heavy atom. The molecular formula is C24H27NO7. The van der Waals surface area contributed by atoms with Gasteiger partial charge in [0.15, 0.2) is 18.0 Å². The predicted octanol–water partition coefficient (Wildman–Crippen LogP) is 1.40. The van der Waals surface area contributed by atoms with E-state index < -0.39 is 29.7 Å². The normalized spacial score (nSPS) is 28.2. The Kier molecular flexibility index (Phi) is 6.78. The van der Waals surface area contributed by atoms with Gasteiger partial charge in [-0.2, -0.15) is 0 Å². The van der Waals surface area contributed by atoms with Crippen molar-refractivity contribution in [3.8, 4) is 0 Å². The van der Waals surface area contributed by atoms with Crippen LogP contribution in [0.5, 0.6) is 0 Å². The molecule has 0 aromatic heterocycles. The average molecular weight is 441 g/mol. The second-order valence-electron chi connectivity index (χ2n) is 8.27. The van der Waals surface area contributed by atoms with Crippen LogP contribution in [0.3, 0.4) is 0 Å². The second-order valence-corrected chi connectivity index (χ2v) is 8.27. The molecule has 2 unspecified atom stereocenters. The zero-order valence-electron chi connectivity index (χ0n) is 17.7. The first kappa shape index (κ1) is 23.6. The number of aliphatic carboxylic acids is 2.